The maximum absolute atomic E-state index is 13.1. The van der Waals surface area contributed by atoms with E-state index in [1.165, 1.54) is 24.2 Å². The molecule has 6 heteroatoms. The highest BCUT2D eigenvalue weighted by atomic mass is 19.1. The summed E-state index contributed by atoms with van der Waals surface area (Å²) in [6.45, 7) is 6.02. The van der Waals surface area contributed by atoms with E-state index in [1.54, 1.807) is 19.2 Å². The summed E-state index contributed by atoms with van der Waals surface area (Å²) < 4.78 is 13.1. The summed E-state index contributed by atoms with van der Waals surface area (Å²) in [6, 6.07) is 6.16. The molecule has 5 nitrogen and oxygen atoms in total. The van der Waals surface area contributed by atoms with Crippen LogP contribution in [0.2, 0.25) is 0 Å². The predicted molar refractivity (Wildman–Crippen MR) is 85.8 cm³/mol. The van der Waals surface area contributed by atoms with Crippen molar-refractivity contribution in [2.45, 2.75) is 26.7 Å². The van der Waals surface area contributed by atoms with Crippen LogP contribution in [0.3, 0.4) is 0 Å². The van der Waals surface area contributed by atoms with Crippen LogP contribution in [0.15, 0.2) is 24.3 Å². The van der Waals surface area contributed by atoms with Crippen LogP contribution in [0.25, 0.3) is 11.3 Å². The van der Waals surface area contributed by atoms with Gasteiger partial charge in [-0.05, 0) is 49.7 Å². The van der Waals surface area contributed by atoms with Crippen molar-refractivity contribution in [1.29, 1.82) is 0 Å². The Kier molecular flexibility index (Phi) is 4.73. The molecule has 22 heavy (non-hydrogen) atoms. The van der Waals surface area contributed by atoms with Crippen LogP contribution in [-0.2, 0) is 0 Å². The molecule has 0 saturated carbocycles. The van der Waals surface area contributed by atoms with Crippen LogP contribution < -0.4 is 5.01 Å². The minimum Gasteiger partial charge on any atom is -0.767 e. The monoisotopic (exact) mass is 303 g/mol. The number of nitrogens with zero attached hydrogens (tertiary/aromatic N) is 4. The van der Waals surface area contributed by atoms with Crippen molar-refractivity contribution < 1.29 is 4.39 Å². The van der Waals surface area contributed by atoms with Gasteiger partial charge in [0.05, 0.1) is 11.4 Å². The molecule has 0 fully saturated rings. The molecule has 0 N–H and O–H groups in total. The van der Waals surface area contributed by atoms with Gasteiger partial charge in [0, 0.05) is 12.6 Å². The maximum atomic E-state index is 13.1. The molecule has 1 heterocycles. The van der Waals surface area contributed by atoms with Gasteiger partial charge in [-0.2, -0.15) is 0 Å². The molecular weight excluding hydrogens is 283 g/mol. The first-order valence-electron chi connectivity index (χ1n) is 7.10. The zero-order valence-electron chi connectivity index (χ0n) is 13.5. The molecular formula is C16H20FN4O-. The van der Waals surface area contributed by atoms with Crippen molar-refractivity contribution in [3.8, 4) is 11.3 Å². The molecule has 0 radical (unpaired) electrons. The summed E-state index contributed by atoms with van der Waals surface area (Å²) in [4.78, 5) is 8.98. The number of rotatable bonds is 4. The topological polar surface area (TPSA) is 55.3 Å². The molecule has 0 aliphatic rings. The summed E-state index contributed by atoms with van der Waals surface area (Å²) in [5.74, 6) is 0.216. The normalized spacial score (nSPS) is 11.3. The lowest BCUT2D eigenvalue weighted by atomic mass is 10.00. The molecule has 0 spiro atoms. The number of hydrogen-bond donors (Lipinski definition) is 0. The number of hydroxylamine groups is 1. The van der Waals surface area contributed by atoms with Crippen molar-refractivity contribution >= 4 is 5.95 Å². The van der Waals surface area contributed by atoms with E-state index in [4.69, 9.17) is 0 Å². The van der Waals surface area contributed by atoms with Gasteiger partial charge >= 0.3 is 0 Å². The zero-order chi connectivity index (χ0) is 16.4. The van der Waals surface area contributed by atoms with E-state index in [9.17, 15) is 9.60 Å². The van der Waals surface area contributed by atoms with Crippen molar-refractivity contribution in [1.82, 2.24) is 15.1 Å². The highest BCUT2D eigenvalue weighted by Gasteiger charge is 2.17. The second-order valence-corrected chi connectivity index (χ2v) is 5.53. The molecule has 2 aromatic rings. The fourth-order valence-electron chi connectivity index (χ4n) is 2.24. The summed E-state index contributed by atoms with van der Waals surface area (Å²) in [5.41, 5.74) is 3.32. The number of hydrazine groups is 1. The number of aromatic nitrogens is 2. The third-order valence-electron chi connectivity index (χ3n) is 3.55. The van der Waals surface area contributed by atoms with Crippen LogP contribution in [0.1, 0.15) is 31.0 Å². The molecule has 1 aromatic heterocycles. The van der Waals surface area contributed by atoms with E-state index in [2.05, 4.69) is 9.97 Å². The van der Waals surface area contributed by atoms with Gasteiger partial charge in [0.15, 0.2) is 0 Å². The molecule has 0 unspecified atom stereocenters. The Morgan fingerprint density at radius 1 is 1.09 bits per heavy atom. The Balaban J connectivity index is 2.63. The van der Waals surface area contributed by atoms with Gasteiger partial charge in [0.1, 0.15) is 5.82 Å². The highest BCUT2D eigenvalue weighted by molar-refractivity contribution is 5.65. The van der Waals surface area contributed by atoms with Gasteiger partial charge in [0.25, 0.3) is 0 Å². The zero-order valence-corrected chi connectivity index (χ0v) is 13.5. The van der Waals surface area contributed by atoms with Crippen LogP contribution in [-0.4, -0.2) is 29.2 Å². The highest BCUT2D eigenvalue weighted by Crippen LogP contribution is 2.29. The quantitative estimate of drug-likeness (QED) is 0.809. The Morgan fingerprint density at radius 3 is 2.18 bits per heavy atom. The lowest BCUT2D eigenvalue weighted by Gasteiger charge is -2.33. The van der Waals surface area contributed by atoms with E-state index in [0.29, 0.717) is 16.8 Å². The largest absolute Gasteiger partial charge is 0.767 e. The van der Waals surface area contributed by atoms with Gasteiger partial charge in [-0.15, -0.1) is 0 Å². The molecule has 0 aliphatic heterocycles. The maximum Gasteiger partial charge on any atom is 0.239 e. The molecule has 2 rings (SSSR count). The summed E-state index contributed by atoms with van der Waals surface area (Å²) in [6.07, 6.45) is 0. The second-order valence-electron chi connectivity index (χ2n) is 5.53. The number of halogens is 1. The Hall–Kier alpha value is -2.05. The fourth-order valence-corrected chi connectivity index (χ4v) is 2.24. The van der Waals surface area contributed by atoms with E-state index >= 15 is 0 Å². The third-order valence-corrected chi connectivity index (χ3v) is 3.55. The Labute approximate surface area is 130 Å². The van der Waals surface area contributed by atoms with Gasteiger partial charge < -0.3 is 5.21 Å². The average Bonchev–Trinajstić information content (AvgIpc) is 2.47. The van der Waals surface area contributed by atoms with Crippen molar-refractivity contribution in [3.63, 3.8) is 0 Å². The molecule has 0 bridgehead atoms. The van der Waals surface area contributed by atoms with Crippen molar-refractivity contribution in [3.05, 3.63) is 46.5 Å². The predicted octanol–water partition coefficient (Wildman–Crippen LogP) is 3.50. The van der Waals surface area contributed by atoms with E-state index < -0.39 is 0 Å². The number of anilines is 1. The van der Waals surface area contributed by atoms with Crippen molar-refractivity contribution in [2.75, 3.05) is 19.1 Å². The van der Waals surface area contributed by atoms with Gasteiger partial charge in [-0.1, -0.05) is 13.8 Å². The van der Waals surface area contributed by atoms with Crippen LogP contribution in [0.5, 0.6) is 0 Å². The fraction of sp³-hybridized carbons (Fsp3) is 0.375. The van der Waals surface area contributed by atoms with E-state index in [0.717, 1.165) is 16.8 Å². The Morgan fingerprint density at radius 2 is 1.68 bits per heavy atom. The van der Waals surface area contributed by atoms with Gasteiger partial charge in [-0.3, -0.25) is 10.2 Å². The number of benzene rings is 1. The first-order chi connectivity index (χ1) is 10.3. The minimum atomic E-state index is -0.295. The molecule has 0 aliphatic carbocycles. The number of hydrogen-bond acceptors (Lipinski definition) is 5. The summed E-state index contributed by atoms with van der Waals surface area (Å²) in [5, 5.41) is 13.5. The van der Waals surface area contributed by atoms with Gasteiger partial charge in [0.2, 0.25) is 5.95 Å². The minimum absolute atomic E-state index is 0.186. The SMILES string of the molecule is Cc1c(-c2ccc(F)cc2)nc(N(C)N(C)[O-])nc1C(C)C. The lowest BCUT2D eigenvalue weighted by molar-refractivity contribution is 0.436. The van der Waals surface area contributed by atoms with Crippen LogP contribution >= 0.6 is 0 Å². The van der Waals surface area contributed by atoms with Crippen LogP contribution in [0, 0.1) is 17.9 Å². The lowest BCUT2D eigenvalue weighted by Crippen LogP contribution is -2.33. The molecule has 1 aromatic carbocycles. The summed E-state index contributed by atoms with van der Waals surface area (Å²) >= 11 is 0. The second kappa shape index (κ2) is 6.37. The molecule has 118 valence electrons. The smallest absolute Gasteiger partial charge is 0.239 e. The first kappa shape index (κ1) is 16.3. The first-order valence-corrected chi connectivity index (χ1v) is 7.10. The average molecular weight is 303 g/mol. The summed E-state index contributed by atoms with van der Waals surface area (Å²) in [7, 11) is 2.99. The third kappa shape index (κ3) is 3.23. The van der Waals surface area contributed by atoms with Crippen molar-refractivity contribution in [2.24, 2.45) is 0 Å². The van der Waals surface area contributed by atoms with E-state index in [-0.39, 0.29) is 11.7 Å². The molecule has 0 amide bonds. The van der Waals surface area contributed by atoms with E-state index in [1.807, 2.05) is 20.8 Å². The Bertz CT molecular complexity index is 656. The van der Waals surface area contributed by atoms with Crippen LogP contribution in [0.4, 0.5) is 10.3 Å². The molecule has 0 saturated heterocycles. The standard InChI is InChI=1S/C16H20FN4O/c1-10(2)14-11(3)15(12-6-8-13(17)9-7-12)19-16(18-14)20(4)21(5)22/h6-10H,1-5H3/q-1. The van der Waals surface area contributed by atoms with Gasteiger partial charge in [-0.25, -0.2) is 14.4 Å². The molecule has 0 atom stereocenters.